The van der Waals surface area contributed by atoms with Crippen LogP contribution in [0.3, 0.4) is 0 Å². The van der Waals surface area contributed by atoms with Gasteiger partial charge in [-0.1, -0.05) is 0 Å². The van der Waals surface area contributed by atoms with E-state index in [0.717, 1.165) is 5.76 Å². The standard InChI is InChI=1S/C12H17N3O3/c1-10(16)14-4-6-15(7-5-14)12(17)13-9-11-3-2-8-18-11/h2-3,8H,4-7,9H2,1H3,(H,13,17). The van der Waals surface area contributed by atoms with Gasteiger partial charge in [-0.3, -0.25) is 4.79 Å². The lowest BCUT2D eigenvalue weighted by molar-refractivity contribution is -0.130. The van der Waals surface area contributed by atoms with E-state index in [1.54, 1.807) is 29.1 Å². The second-order valence-electron chi connectivity index (χ2n) is 4.23. The minimum Gasteiger partial charge on any atom is -0.467 e. The summed E-state index contributed by atoms with van der Waals surface area (Å²) in [7, 11) is 0. The van der Waals surface area contributed by atoms with Crippen LogP contribution in [0.25, 0.3) is 0 Å². The predicted molar refractivity (Wildman–Crippen MR) is 64.8 cm³/mol. The molecule has 3 amide bonds. The molecular weight excluding hydrogens is 234 g/mol. The third-order valence-corrected chi connectivity index (χ3v) is 3.01. The van der Waals surface area contributed by atoms with Gasteiger partial charge in [-0.05, 0) is 12.1 Å². The Balaban J connectivity index is 1.75. The normalized spacial score (nSPS) is 15.6. The van der Waals surface area contributed by atoms with Crippen molar-refractivity contribution in [1.29, 1.82) is 0 Å². The van der Waals surface area contributed by atoms with Gasteiger partial charge in [-0.2, -0.15) is 0 Å². The van der Waals surface area contributed by atoms with Crippen LogP contribution in [-0.2, 0) is 11.3 Å². The molecule has 1 fully saturated rings. The van der Waals surface area contributed by atoms with Crippen molar-refractivity contribution in [3.63, 3.8) is 0 Å². The zero-order valence-corrected chi connectivity index (χ0v) is 10.4. The van der Waals surface area contributed by atoms with E-state index in [2.05, 4.69) is 5.32 Å². The topological polar surface area (TPSA) is 65.8 Å². The van der Waals surface area contributed by atoms with Crippen LogP contribution < -0.4 is 5.32 Å². The SMILES string of the molecule is CC(=O)N1CCN(C(=O)NCc2ccco2)CC1. The highest BCUT2D eigenvalue weighted by atomic mass is 16.3. The van der Waals surface area contributed by atoms with Crippen molar-refractivity contribution in [1.82, 2.24) is 15.1 Å². The minimum atomic E-state index is -0.116. The number of carbonyl (C=O) groups excluding carboxylic acids is 2. The number of hydrogen-bond donors (Lipinski definition) is 1. The molecule has 0 saturated carbocycles. The summed E-state index contributed by atoms with van der Waals surface area (Å²) in [4.78, 5) is 26.4. The fourth-order valence-electron chi connectivity index (χ4n) is 1.91. The van der Waals surface area contributed by atoms with Crippen LogP contribution in [-0.4, -0.2) is 47.9 Å². The van der Waals surface area contributed by atoms with Crippen molar-refractivity contribution in [2.45, 2.75) is 13.5 Å². The molecule has 2 heterocycles. The maximum atomic E-state index is 11.8. The first-order chi connectivity index (χ1) is 8.66. The first-order valence-electron chi connectivity index (χ1n) is 5.97. The predicted octanol–water partition coefficient (Wildman–Crippen LogP) is 0.653. The van der Waals surface area contributed by atoms with Crippen LogP contribution in [0.2, 0.25) is 0 Å². The lowest BCUT2D eigenvalue weighted by Gasteiger charge is -2.34. The molecule has 0 unspecified atom stereocenters. The smallest absolute Gasteiger partial charge is 0.317 e. The van der Waals surface area contributed by atoms with E-state index in [-0.39, 0.29) is 11.9 Å². The summed E-state index contributed by atoms with van der Waals surface area (Å²) in [6, 6.07) is 3.48. The second-order valence-corrected chi connectivity index (χ2v) is 4.23. The van der Waals surface area contributed by atoms with Crippen LogP contribution in [0.4, 0.5) is 4.79 Å². The molecule has 0 spiro atoms. The number of amides is 3. The molecule has 2 rings (SSSR count). The van der Waals surface area contributed by atoms with Crippen LogP contribution in [0.15, 0.2) is 22.8 Å². The summed E-state index contributed by atoms with van der Waals surface area (Å²) >= 11 is 0. The van der Waals surface area contributed by atoms with Crippen LogP contribution in [0, 0.1) is 0 Å². The number of carbonyl (C=O) groups is 2. The molecule has 0 aliphatic carbocycles. The summed E-state index contributed by atoms with van der Waals surface area (Å²) in [5.74, 6) is 0.788. The van der Waals surface area contributed by atoms with Gasteiger partial charge in [0.15, 0.2) is 0 Å². The van der Waals surface area contributed by atoms with Crippen molar-refractivity contribution in [2.75, 3.05) is 26.2 Å². The summed E-state index contributed by atoms with van der Waals surface area (Å²) in [5, 5.41) is 2.79. The van der Waals surface area contributed by atoms with Crippen molar-refractivity contribution in [2.24, 2.45) is 0 Å². The Morgan fingerprint density at radius 1 is 1.28 bits per heavy atom. The number of urea groups is 1. The first-order valence-corrected chi connectivity index (χ1v) is 5.97. The molecule has 0 radical (unpaired) electrons. The van der Waals surface area contributed by atoms with E-state index >= 15 is 0 Å². The van der Waals surface area contributed by atoms with E-state index in [4.69, 9.17) is 4.42 Å². The monoisotopic (exact) mass is 251 g/mol. The summed E-state index contributed by atoms with van der Waals surface area (Å²) in [5.41, 5.74) is 0. The molecule has 0 atom stereocenters. The largest absolute Gasteiger partial charge is 0.467 e. The lowest BCUT2D eigenvalue weighted by atomic mass is 10.3. The average Bonchev–Trinajstić information content (AvgIpc) is 2.89. The maximum Gasteiger partial charge on any atom is 0.317 e. The molecule has 1 aromatic rings. The Morgan fingerprint density at radius 2 is 1.94 bits per heavy atom. The number of hydrogen-bond acceptors (Lipinski definition) is 3. The third kappa shape index (κ3) is 3.03. The van der Waals surface area contributed by atoms with Crippen molar-refractivity contribution < 1.29 is 14.0 Å². The third-order valence-electron chi connectivity index (χ3n) is 3.01. The van der Waals surface area contributed by atoms with Gasteiger partial charge < -0.3 is 19.5 Å². The molecule has 18 heavy (non-hydrogen) atoms. The molecule has 0 aromatic carbocycles. The van der Waals surface area contributed by atoms with E-state index in [9.17, 15) is 9.59 Å². The Kier molecular flexibility index (Phi) is 3.86. The molecule has 1 aromatic heterocycles. The van der Waals surface area contributed by atoms with E-state index in [0.29, 0.717) is 32.7 Å². The van der Waals surface area contributed by atoms with Gasteiger partial charge in [-0.25, -0.2) is 4.79 Å². The molecule has 1 aliphatic heterocycles. The number of nitrogens with one attached hydrogen (secondary N) is 1. The zero-order valence-electron chi connectivity index (χ0n) is 10.4. The van der Waals surface area contributed by atoms with Gasteiger partial charge in [-0.15, -0.1) is 0 Å². The summed E-state index contributed by atoms with van der Waals surface area (Å²) < 4.78 is 5.13. The van der Waals surface area contributed by atoms with Gasteiger partial charge in [0, 0.05) is 33.1 Å². The fraction of sp³-hybridized carbons (Fsp3) is 0.500. The molecule has 1 aliphatic rings. The summed E-state index contributed by atoms with van der Waals surface area (Å²) in [6.45, 7) is 4.28. The molecule has 6 heteroatoms. The Bertz CT molecular complexity index is 408. The van der Waals surface area contributed by atoms with Crippen LogP contribution >= 0.6 is 0 Å². The van der Waals surface area contributed by atoms with Crippen LogP contribution in [0.5, 0.6) is 0 Å². The van der Waals surface area contributed by atoms with Crippen molar-refractivity contribution >= 4 is 11.9 Å². The van der Waals surface area contributed by atoms with Crippen molar-refractivity contribution in [3.8, 4) is 0 Å². The van der Waals surface area contributed by atoms with Crippen molar-refractivity contribution in [3.05, 3.63) is 24.2 Å². The van der Waals surface area contributed by atoms with Gasteiger partial charge in [0.25, 0.3) is 0 Å². The highest BCUT2D eigenvalue weighted by Gasteiger charge is 2.21. The number of nitrogens with zero attached hydrogens (tertiary/aromatic N) is 2. The number of furan rings is 1. The quantitative estimate of drug-likeness (QED) is 0.839. The maximum absolute atomic E-state index is 11.8. The Morgan fingerprint density at radius 3 is 2.50 bits per heavy atom. The summed E-state index contributed by atoms with van der Waals surface area (Å²) in [6.07, 6.45) is 1.58. The highest BCUT2D eigenvalue weighted by Crippen LogP contribution is 2.03. The molecule has 6 nitrogen and oxygen atoms in total. The van der Waals surface area contributed by atoms with E-state index in [1.165, 1.54) is 0 Å². The number of rotatable bonds is 2. The van der Waals surface area contributed by atoms with E-state index in [1.807, 2.05) is 6.07 Å². The molecule has 1 saturated heterocycles. The zero-order chi connectivity index (χ0) is 13.0. The fourth-order valence-corrected chi connectivity index (χ4v) is 1.91. The molecular formula is C12H17N3O3. The minimum absolute atomic E-state index is 0.0608. The number of piperazine rings is 1. The van der Waals surface area contributed by atoms with Crippen LogP contribution in [0.1, 0.15) is 12.7 Å². The molecule has 1 N–H and O–H groups in total. The Hall–Kier alpha value is -1.98. The average molecular weight is 251 g/mol. The van der Waals surface area contributed by atoms with Gasteiger partial charge in [0.05, 0.1) is 12.8 Å². The van der Waals surface area contributed by atoms with Gasteiger partial charge in [0.2, 0.25) is 5.91 Å². The highest BCUT2D eigenvalue weighted by molar-refractivity contribution is 5.76. The van der Waals surface area contributed by atoms with Gasteiger partial charge >= 0.3 is 6.03 Å². The first kappa shape index (κ1) is 12.5. The molecule has 0 bridgehead atoms. The van der Waals surface area contributed by atoms with Gasteiger partial charge in [0.1, 0.15) is 5.76 Å². The second kappa shape index (κ2) is 5.57. The van der Waals surface area contributed by atoms with E-state index < -0.39 is 0 Å². The Labute approximate surface area is 106 Å². The molecule has 98 valence electrons. The lowest BCUT2D eigenvalue weighted by Crippen LogP contribution is -2.52.